The first-order valence-corrected chi connectivity index (χ1v) is 10.9. The summed E-state index contributed by atoms with van der Waals surface area (Å²) in [7, 11) is 3.93. The molecular weight excluding hydrogens is 411 g/mol. The molecule has 1 unspecified atom stereocenters. The van der Waals surface area contributed by atoms with Crippen molar-refractivity contribution in [2.24, 2.45) is 0 Å². The van der Waals surface area contributed by atoms with E-state index in [4.69, 9.17) is 0 Å². The molecule has 158 valence electrons. The van der Waals surface area contributed by atoms with Crippen LogP contribution in [0.3, 0.4) is 0 Å². The Kier molecular flexibility index (Phi) is 6.15. The number of hydrogen-bond acceptors (Lipinski definition) is 5. The standard InChI is InChI=1S/C24H23FN4OS/c1-16(28(2)3)23-26-27-24(29(23)21-12-10-20(25)11-13-21)31-15-22(30)19-9-8-17-6-4-5-7-18(17)14-19/h4-14,16H,15H2,1-3H3. The predicted molar refractivity (Wildman–Crippen MR) is 122 cm³/mol. The Morgan fingerprint density at radius 2 is 1.74 bits per heavy atom. The van der Waals surface area contributed by atoms with E-state index in [1.165, 1.54) is 23.9 Å². The zero-order valence-electron chi connectivity index (χ0n) is 17.6. The highest BCUT2D eigenvalue weighted by Gasteiger charge is 2.22. The normalized spacial score (nSPS) is 12.4. The molecule has 31 heavy (non-hydrogen) atoms. The lowest BCUT2D eigenvalue weighted by molar-refractivity contribution is 0.102. The highest BCUT2D eigenvalue weighted by Crippen LogP contribution is 2.28. The number of nitrogens with zero attached hydrogens (tertiary/aromatic N) is 4. The number of halogens is 1. The number of aromatic nitrogens is 3. The minimum absolute atomic E-state index is 0.0110. The third-order valence-electron chi connectivity index (χ3n) is 5.30. The van der Waals surface area contributed by atoms with Crippen molar-refractivity contribution in [3.05, 3.63) is 83.9 Å². The summed E-state index contributed by atoms with van der Waals surface area (Å²) in [5.74, 6) is 0.678. The van der Waals surface area contributed by atoms with Crippen molar-refractivity contribution >= 4 is 28.3 Å². The lowest BCUT2D eigenvalue weighted by atomic mass is 10.1. The number of hydrogen-bond donors (Lipinski definition) is 0. The molecule has 0 radical (unpaired) electrons. The fourth-order valence-corrected chi connectivity index (χ4v) is 4.14. The summed E-state index contributed by atoms with van der Waals surface area (Å²) in [6.07, 6.45) is 0. The van der Waals surface area contributed by atoms with Gasteiger partial charge in [0.15, 0.2) is 16.8 Å². The van der Waals surface area contributed by atoms with E-state index in [0.29, 0.717) is 10.7 Å². The van der Waals surface area contributed by atoms with E-state index in [1.54, 1.807) is 12.1 Å². The van der Waals surface area contributed by atoms with Crippen LogP contribution in [-0.2, 0) is 0 Å². The third-order valence-corrected chi connectivity index (χ3v) is 6.22. The van der Waals surface area contributed by atoms with Crippen LogP contribution in [0.1, 0.15) is 29.1 Å². The van der Waals surface area contributed by atoms with Gasteiger partial charge in [0, 0.05) is 11.3 Å². The van der Waals surface area contributed by atoms with E-state index in [9.17, 15) is 9.18 Å². The van der Waals surface area contributed by atoms with Crippen LogP contribution in [0.15, 0.2) is 71.9 Å². The zero-order chi connectivity index (χ0) is 22.0. The van der Waals surface area contributed by atoms with Crippen LogP contribution in [0.4, 0.5) is 4.39 Å². The van der Waals surface area contributed by atoms with Crippen LogP contribution < -0.4 is 0 Å². The number of carbonyl (C=O) groups excluding carboxylic acids is 1. The molecule has 0 fully saturated rings. The second-order valence-electron chi connectivity index (χ2n) is 7.57. The van der Waals surface area contributed by atoms with Gasteiger partial charge in [-0.3, -0.25) is 14.3 Å². The molecule has 4 rings (SSSR count). The highest BCUT2D eigenvalue weighted by molar-refractivity contribution is 7.99. The van der Waals surface area contributed by atoms with Gasteiger partial charge in [-0.15, -0.1) is 10.2 Å². The Bertz CT molecular complexity index is 1220. The lowest BCUT2D eigenvalue weighted by Gasteiger charge is -2.20. The molecule has 0 aliphatic heterocycles. The van der Waals surface area contributed by atoms with Gasteiger partial charge < -0.3 is 0 Å². The number of rotatable bonds is 7. The predicted octanol–water partition coefficient (Wildman–Crippen LogP) is 5.16. The quantitative estimate of drug-likeness (QED) is 0.297. The van der Waals surface area contributed by atoms with Gasteiger partial charge in [-0.2, -0.15) is 0 Å². The maximum absolute atomic E-state index is 13.5. The molecule has 5 nitrogen and oxygen atoms in total. The molecule has 0 saturated carbocycles. The molecule has 0 spiro atoms. The average molecular weight is 435 g/mol. The summed E-state index contributed by atoms with van der Waals surface area (Å²) in [4.78, 5) is 14.9. The molecular formula is C24H23FN4OS. The summed E-state index contributed by atoms with van der Waals surface area (Å²) in [5.41, 5.74) is 1.43. The first kappa shape index (κ1) is 21.2. The largest absolute Gasteiger partial charge is 0.300 e. The van der Waals surface area contributed by atoms with Crippen molar-refractivity contribution in [3.63, 3.8) is 0 Å². The molecule has 1 atom stereocenters. The minimum Gasteiger partial charge on any atom is -0.300 e. The van der Waals surface area contributed by atoms with Gasteiger partial charge in [0.05, 0.1) is 11.8 Å². The second-order valence-corrected chi connectivity index (χ2v) is 8.51. The molecule has 0 amide bonds. The molecule has 0 aliphatic rings. The zero-order valence-corrected chi connectivity index (χ0v) is 18.4. The van der Waals surface area contributed by atoms with Crippen molar-refractivity contribution in [2.75, 3.05) is 19.8 Å². The van der Waals surface area contributed by atoms with Crippen LogP contribution in [-0.4, -0.2) is 45.3 Å². The van der Waals surface area contributed by atoms with Crippen LogP contribution in [0.2, 0.25) is 0 Å². The fraction of sp³-hybridized carbons (Fsp3) is 0.208. The number of Topliss-reactive ketones (excluding diaryl/α,β-unsaturated/α-hetero) is 1. The first-order chi connectivity index (χ1) is 14.9. The fourth-order valence-electron chi connectivity index (χ4n) is 3.29. The third kappa shape index (κ3) is 4.52. The molecule has 0 bridgehead atoms. The minimum atomic E-state index is -0.306. The average Bonchev–Trinajstić information content (AvgIpc) is 3.20. The number of fused-ring (bicyclic) bond motifs is 1. The summed E-state index contributed by atoms with van der Waals surface area (Å²) < 4.78 is 15.4. The first-order valence-electron chi connectivity index (χ1n) is 9.96. The molecule has 0 N–H and O–H groups in total. The van der Waals surface area contributed by atoms with Crippen LogP contribution in [0.5, 0.6) is 0 Å². The Hall–Kier alpha value is -3.03. The molecule has 1 heterocycles. The van der Waals surface area contributed by atoms with E-state index in [0.717, 1.165) is 22.3 Å². The molecule has 1 aromatic heterocycles. The Morgan fingerprint density at radius 1 is 1.03 bits per heavy atom. The lowest BCUT2D eigenvalue weighted by Crippen LogP contribution is -2.20. The topological polar surface area (TPSA) is 51.0 Å². The van der Waals surface area contributed by atoms with E-state index in [-0.39, 0.29) is 23.4 Å². The highest BCUT2D eigenvalue weighted by atomic mass is 32.2. The van der Waals surface area contributed by atoms with Crippen molar-refractivity contribution in [1.82, 2.24) is 19.7 Å². The van der Waals surface area contributed by atoms with Gasteiger partial charge in [0.2, 0.25) is 0 Å². The van der Waals surface area contributed by atoms with Gasteiger partial charge in [-0.25, -0.2) is 4.39 Å². The van der Waals surface area contributed by atoms with Gasteiger partial charge in [0.1, 0.15) is 5.82 Å². The Labute approximate surface area is 184 Å². The molecule has 7 heteroatoms. The molecule has 4 aromatic rings. The van der Waals surface area contributed by atoms with E-state index in [2.05, 4.69) is 10.2 Å². The van der Waals surface area contributed by atoms with E-state index in [1.807, 2.05) is 73.0 Å². The maximum Gasteiger partial charge on any atom is 0.196 e. The van der Waals surface area contributed by atoms with Crippen LogP contribution in [0, 0.1) is 5.82 Å². The summed E-state index contributed by atoms with van der Waals surface area (Å²) >= 11 is 1.33. The van der Waals surface area contributed by atoms with Gasteiger partial charge in [-0.1, -0.05) is 48.2 Å². The number of benzene rings is 3. The van der Waals surface area contributed by atoms with E-state index >= 15 is 0 Å². The Balaban J connectivity index is 1.61. The number of ketones is 1. The van der Waals surface area contributed by atoms with Gasteiger partial charge >= 0.3 is 0 Å². The van der Waals surface area contributed by atoms with Crippen molar-refractivity contribution < 1.29 is 9.18 Å². The summed E-state index contributed by atoms with van der Waals surface area (Å²) in [5, 5.41) is 11.5. The van der Waals surface area contributed by atoms with Crippen molar-refractivity contribution in [3.8, 4) is 5.69 Å². The number of carbonyl (C=O) groups is 1. The van der Waals surface area contributed by atoms with E-state index < -0.39 is 0 Å². The number of thioether (sulfide) groups is 1. The van der Waals surface area contributed by atoms with Gasteiger partial charge in [0.25, 0.3) is 0 Å². The smallest absolute Gasteiger partial charge is 0.196 e. The maximum atomic E-state index is 13.5. The van der Waals surface area contributed by atoms with Crippen LogP contribution in [0.25, 0.3) is 16.5 Å². The van der Waals surface area contributed by atoms with Crippen molar-refractivity contribution in [1.29, 1.82) is 0 Å². The van der Waals surface area contributed by atoms with Gasteiger partial charge in [-0.05, 0) is 62.1 Å². The molecule has 3 aromatic carbocycles. The SMILES string of the molecule is CC(c1nnc(SCC(=O)c2ccc3ccccc3c2)n1-c1ccc(F)cc1)N(C)C. The summed E-state index contributed by atoms with van der Waals surface area (Å²) in [6.45, 7) is 2.03. The Morgan fingerprint density at radius 3 is 2.45 bits per heavy atom. The monoisotopic (exact) mass is 434 g/mol. The van der Waals surface area contributed by atoms with Crippen molar-refractivity contribution in [2.45, 2.75) is 18.1 Å². The van der Waals surface area contributed by atoms with Crippen LogP contribution >= 0.6 is 11.8 Å². The molecule has 0 saturated heterocycles. The summed E-state index contributed by atoms with van der Waals surface area (Å²) in [6, 6.07) is 19.9. The second kappa shape index (κ2) is 8.99. The molecule has 0 aliphatic carbocycles.